The Kier molecular flexibility index (Phi) is 5.15. The lowest BCUT2D eigenvalue weighted by Crippen LogP contribution is -2.05. The van der Waals surface area contributed by atoms with E-state index in [1.165, 1.54) is 0 Å². The smallest absolute Gasteiger partial charge is 0.286 e. The Hall–Kier alpha value is -1.39. The van der Waals surface area contributed by atoms with E-state index in [0.717, 1.165) is 10.8 Å². The van der Waals surface area contributed by atoms with Gasteiger partial charge < -0.3 is 0 Å². The quantitative estimate of drug-likeness (QED) is 0.607. The predicted molar refractivity (Wildman–Crippen MR) is 79.5 cm³/mol. The first-order chi connectivity index (χ1) is 9.68. The van der Waals surface area contributed by atoms with Gasteiger partial charge in [-0.25, -0.2) is 4.57 Å². The average molecular weight is 295 g/mol. The van der Waals surface area contributed by atoms with E-state index in [2.05, 4.69) is 5.48 Å². The lowest BCUT2D eigenvalue weighted by atomic mass is 10.1. The molecule has 0 spiro atoms. The second-order valence-electron chi connectivity index (χ2n) is 4.00. The molecule has 0 aliphatic heterocycles. The molecule has 1 N–H and O–H groups in total. The minimum absolute atomic E-state index is 0.245. The first-order valence-corrected chi connectivity index (χ1v) is 7.96. The van der Waals surface area contributed by atoms with Gasteiger partial charge in [-0.2, -0.15) is 4.62 Å². The van der Waals surface area contributed by atoms with E-state index in [4.69, 9.17) is 13.7 Å². The highest BCUT2D eigenvalue weighted by atomic mass is 31.2. The number of rotatable bonds is 7. The van der Waals surface area contributed by atoms with E-state index in [1.807, 2.05) is 42.5 Å². The van der Waals surface area contributed by atoms with Crippen LogP contribution in [-0.4, -0.2) is 13.2 Å². The summed E-state index contributed by atoms with van der Waals surface area (Å²) in [5.74, 6) is 0. The zero-order valence-corrected chi connectivity index (χ0v) is 12.4. The second kappa shape index (κ2) is 6.86. The van der Waals surface area contributed by atoms with E-state index < -0.39 is 7.82 Å². The lowest BCUT2D eigenvalue weighted by molar-refractivity contribution is 0.140. The number of anilines is 1. The molecule has 0 heterocycles. The summed E-state index contributed by atoms with van der Waals surface area (Å²) < 4.78 is 27.5. The summed E-state index contributed by atoms with van der Waals surface area (Å²) in [5, 5.41) is 2.03. The van der Waals surface area contributed by atoms with Crippen LogP contribution in [0.2, 0.25) is 0 Å². The van der Waals surface area contributed by atoms with Crippen molar-refractivity contribution >= 4 is 24.3 Å². The standard InChI is InChI=1S/C14H18NO4P/c1-3-17-20(16,18-4-2)19-15-14-11-7-9-12-8-5-6-10-13(12)14/h5-11,15H,3-4H2,1-2H3. The third kappa shape index (κ3) is 3.58. The fourth-order valence-corrected chi connectivity index (χ4v) is 2.85. The number of hydrogen-bond acceptors (Lipinski definition) is 5. The molecular weight excluding hydrogens is 277 g/mol. The molecule has 0 aliphatic carbocycles. The van der Waals surface area contributed by atoms with Crippen molar-refractivity contribution in [2.24, 2.45) is 0 Å². The fourth-order valence-electron chi connectivity index (χ4n) is 1.83. The molecular formula is C14H18NO4P. The molecule has 0 fully saturated rings. The van der Waals surface area contributed by atoms with Crippen LogP contribution in [0.3, 0.4) is 0 Å². The summed E-state index contributed by atoms with van der Waals surface area (Å²) in [4.78, 5) is 0. The second-order valence-corrected chi connectivity index (χ2v) is 5.60. The van der Waals surface area contributed by atoms with Gasteiger partial charge in [0.1, 0.15) is 0 Å². The SMILES string of the molecule is CCOP(=O)(OCC)ONc1cccc2ccccc12. The molecule has 0 unspecified atom stereocenters. The Labute approximate surface area is 118 Å². The van der Waals surface area contributed by atoms with Gasteiger partial charge in [-0.1, -0.05) is 36.4 Å². The zero-order valence-electron chi connectivity index (χ0n) is 11.5. The van der Waals surface area contributed by atoms with Gasteiger partial charge in [-0.15, -0.1) is 0 Å². The third-order valence-electron chi connectivity index (χ3n) is 2.63. The van der Waals surface area contributed by atoms with Crippen LogP contribution in [-0.2, 0) is 18.2 Å². The molecule has 2 rings (SSSR count). The summed E-state index contributed by atoms with van der Waals surface area (Å²) in [6, 6.07) is 13.5. The van der Waals surface area contributed by atoms with Crippen molar-refractivity contribution in [3.05, 3.63) is 42.5 Å². The molecule has 0 atom stereocenters. The molecule has 2 aromatic carbocycles. The zero-order chi connectivity index (χ0) is 14.4. The van der Waals surface area contributed by atoms with Crippen molar-refractivity contribution in [1.29, 1.82) is 0 Å². The summed E-state index contributed by atoms with van der Waals surface area (Å²) in [7, 11) is -3.57. The van der Waals surface area contributed by atoms with Gasteiger partial charge in [0.05, 0.1) is 18.9 Å². The van der Waals surface area contributed by atoms with Crippen molar-refractivity contribution in [2.75, 3.05) is 18.7 Å². The maximum absolute atomic E-state index is 12.2. The van der Waals surface area contributed by atoms with E-state index in [-0.39, 0.29) is 13.2 Å². The molecule has 108 valence electrons. The highest BCUT2D eigenvalue weighted by Gasteiger charge is 2.26. The van der Waals surface area contributed by atoms with Gasteiger partial charge in [-0.3, -0.25) is 14.5 Å². The molecule has 0 aromatic heterocycles. The number of nitrogens with one attached hydrogen (secondary N) is 1. The molecule has 0 radical (unpaired) electrons. The monoisotopic (exact) mass is 295 g/mol. The van der Waals surface area contributed by atoms with Gasteiger partial charge in [-0.05, 0) is 25.3 Å². The van der Waals surface area contributed by atoms with Crippen molar-refractivity contribution in [1.82, 2.24) is 0 Å². The van der Waals surface area contributed by atoms with Crippen LogP contribution in [0.15, 0.2) is 42.5 Å². The van der Waals surface area contributed by atoms with Crippen molar-refractivity contribution in [3.63, 3.8) is 0 Å². The van der Waals surface area contributed by atoms with E-state index in [0.29, 0.717) is 5.69 Å². The van der Waals surface area contributed by atoms with Gasteiger partial charge in [0.2, 0.25) is 0 Å². The third-order valence-corrected chi connectivity index (χ3v) is 4.10. The van der Waals surface area contributed by atoms with Crippen molar-refractivity contribution in [2.45, 2.75) is 13.8 Å². The van der Waals surface area contributed by atoms with Crippen LogP contribution in [0.5, 0.6) is 0 Å². The number of phosphoric ester groups is 1. The summed E-state index contributed by atoms with van der Waals surface area (Å²) >= 11 is 0. The number of phosphoric acid groups is 1. The van der Waals surface area contributed by atoms with E-state index >= 15 is 0 Å². The molecule has 6 heteroatoms. The number of fused-ring (bicyclic) bond motifs is 1. The van der Waals surface area contributed by atoms with Crippen molar-refractivity contribution in [3.8, 4) is 0 Å². The van der Waals surface area contributed by atoms with E-state index in [1.54, 1.807) is 13.8 Å². The molecule has 0 amide bonds. The predicted octanol–water partition coefficient (Wildman–Crippen LogP) is 4.36. The van der Waals surface area contributed by atoms with Crippen LogP contribution in [0.25, 0.3) is 10.8 Å². The highest BCUT2D eigenvalue weighted by molar-refractivity contribution is 7.48. The number of benzene rings is 2. The normalized spacial score (nSPS) is 11.7. The maximum Gasteiger partial charge on any atom is 0.496 e. The molecule has 0 saturated carbocycles. The topological polar surface area (TPSA) is 56.8 Å². The lowest BCUT2D eigenvalue weighted by Gasteiger charge is -2.17. The maximum atomic E-state index is 12.2. The Morgan fingerprint density at radius 3 is 2.35 bits per heavy atom. The van der Waals surface area contributed by atoms with Gasteiger partial charge in [0, 0.05) is 5.39 Å². The number of hydrogen-bond donors (Lipinski definition) is 1. The highest BCUT2D eigenvalue weighted by Crippen LogP contribution is 2.49. The molecule has 5 nitrogen and oxygen atoms in total. The summed E-state index contributed by atoms with van der Waals surface area (Å²) in [6.45, 7) is 3.95. The molecule has 20 heavy (non-hydrogen) atoms. The minimum atomic E-state index is -3.57. The molecule has 0 bridgehead atoms. The van der Waals surface area contributed by atoms with Gasteiger partial charge in [0.25, 0.3) is 0 Å². The Morgan fingerprint density at radius 2 is 1.65 bits per heavy atom. The Morgan fingerprint density at radius 1 is 1.00 bits per heavy atom. The van der Waals surface area contributed by atoms with Crippen molar-refractivity contribution < 1.29 is 18.2 Å². The van der Waals surface area contributed by atoms with Gasteiger partial charge in [0.15, 0.2) is 0 Å². The molecule has 2 aromatic rings. The molecule has 0 saturated heterocycles. The largest absolute Gasteiger partial charge is 0.496 e. The Balaban J connectivity index is 2.18. The first-order valence-electron chi connectivity index (χ1n) is 6.50. The van der Waals surface area contributed by atoms with Crippen LogP contribution >= 0.6 is 7.82 Å². The van der Waals surface area contributed by atoms with E-state index in [9.17, 15) is 4.57 Å². The Bertz CT molecular complexity index is 602. The van der Waals surface area contributed by atoms with Crippen LogP contribution in [0.1, 0.15) is 13.8 Å². The minimum Gasteiger partial charge on any atom is -0.286 e. The van der Waals surface area contributed by atoms with Crippen LogP contribution in [0.4, 0.5) is 5.69 Å². The van der Waals surface area contributed by atoms with Crippen LogP contribution in [0, 0.1) is 0 Å². The van der Waals surface area contributed by atoms with Gasteiger partial charge >= 0.3 is 7.82 Å². The first kappa shape index (κ1) is 15.0. The summed E-state index contributed by atoms with van der Waals surface area (Å²) in [6.07, 6.45) is 0. The molecule has 0 aliphatic rings. The van der Waals surface area contributed by atoms with Crippen LogP contribution < -0.4 is 5.48 Å². The fraction of sp³-hybridized carbons (Fsp3) is 0.286. The summed E-state index contributed by atoms with van der Waals surface area (Å²) in [5.41, 5.74) is 3.40. The average Bonchev–Trinajstić information content (AvgIpc) is 2.46.